The molecule has 10 aromatic carbocycles. The van der Waals surface area contributed by atoms with E-state index in [1.807, 2.05) is 126 Å². The number of fused-ring (bicyclic) bond motifs is 5. The first kappa shape index (κ1) is 116. The maximum atomic E-state index is 12.8. The molecule has 4 saturated heterocycles. The zero-order chi connectivity index (χ0) is 98.5. The van der Waals surface area contributed by atoms with Crippen molar-refractivity contribution >= 4 is 209 Å². The maximum absolute atomic E-state index is 12.8. The summed E-state index contributed by atoms with van der Waals surface area (Å²) in [6.45, 7) is 30.8. The molecule has 41 heteroatoms. The van der Waals surface area contributed by atoms with Gasteiger partial charge in [-0.3, -0.25) is 29.1 Å². The molecule has 0 aliphatic carbocycles. The van der Waals surface area contributed by atoms with Crippen molar-refractivity contribution in [2.75, 3.05) is 93.3 Å². The van der Waals surface area contributed by atoms with Crippen LogP contribution >= 0.6 is 120 Å². The standard InChI is InChI=1S/C28H26N4O2.C21H22ClN3O2.C20H19Cl2N3O.C20H20ClN3O2.C8H4ClIN2O.CH2O3.CH3O.Cl3OP.3Na.H/c1-18-16-32(17-19(2)34-18)23-14-10-21(11-15-23)26-28(33-4)25-7-5-6-24(27(25)31-30-26)20-8-12-22(29-3)13-9-20;1-13-11-25(12-14(2)27-13)16-9-7-15(8-10-16)19-21(26-3)17-5-4-6-18(22)20(17)24-23-19;1-12-10-25(11-13(2)26-12)15-8-6-14(7-9-15)19-18(22)16-4-3-5-17(21)20(16)24-23-19;1-12-10-24(11-13(2)26-12)15-8-6-14(7-9-15)18-20(25)16-4-3-5-17(21)19(16)23-22-18;9-5-3-1-2-4-6(5)11-12-8(10)7(4)13;2-1-4-3;1-2;1-5(2,3)4;;;;/h5-15,18-19H,16-17H2,1-2,4H3;4-10,13-14H,11-12H2,1-3H3;3-9,12-13H,10-11H2,1-2H3;3-9,12-13H,10-11H2,1-2H3,(H,23,25);1-3H,(H,11,13);1,3H;1H3;;;;;/q;;;;;;-1;;3*+1;-1/p-1/t18-,19+;13-,14+;2*12-,13+;;;;;;;;. The van der Waals surface area contributed by atoms with Gasteiger partial charge in [0.05, 0.1) is 117 Å². The van der Waals surface area contributed by atoms with Gasteiger partial charge < -0.3 is 64.7 Å². The molecule has 0 bridgehead atoms. The Hall–Kier alpha value is -7.70. The molecule has 4 aliphatic rings. The molecule has 0 amide bonds. The van der Waals surface area contributed by atoms with Crippen LogP contribution in [0.5, 0.6) is 11.5 Å². The molecular weight excluding hydrogens is 2120 g/mol. The summed E-state index contributed by atoms with van der Waals surface area (Å²) in [6.07, 6.45) is 1.73. The Balaban J connectivity index is 0.000000212. The minimum Gasteiger partial charge on any atom is -1.00 e. The summed E-state index contributed by atoms with van der Waals surface area (Å²) in [5, 5.41) is 60.0. The molecule has 5 aromatic heterocycles. The Morgan fingerprint density at radius 2 is 0.700 bits per heavy atom. The Labute approximate surface area is 931 Å². The van der Waals surface area contributed by atoms with Gasteiger partial charge in [0, 0.05) is 119 Å². The van der Waals surface area contributed by atoms with Crippen molar-refractivity contribution in [1.29, 1.82) is 0 Å². The molecule has 2 N–H and O–H groups in total. The molecular formula is C99H96Cl8IN15Na3O13P. The molecule has 0 spiro atoms. The largest absolute Gasteiger partial charge is 1.00 e. The van der Waals surface area contributed by atoms with E-state index in [4.69, 9.17) is 108 Å². The van der Waals surface area contributed by atoms with Crippen molar-refractivity contribution in [2.45, 2.75) is 104 Å². The fourth-order valence-electron chi connectivity index (χ4n) is 16.5. The fourth-order valence-corrected chi connectivity index (χ4v) is 18.0. The van der Waals surface area contributed by atoms with Crippen LogP contribution in [-0.4, -0.2) is 180 Å². The number of anilines is 4. The van der Waals surface area contributed by atoms with E-state index in [9.17, 15) is 14.2 Å². The summed E-state index contributed by atoms with van der Waals surface area (Å²) < 4.78 is 44.7. The number of benzene rings is 10. The van der Waals surface area contributed by atoms with Crippen LogP contribution in [0.15, 0.2) is 222 Å². The molecule has 9 heterocycles. The first-order chi connectivity index (χ1) is 65.8. The minimum atomic E-state index is -3.22. The van der Waals surface area contributed by atoms with Gasteiger partial charge in [-0.2, -0.15) is 17.3 Å². The van der Waals surface area contributed by atoms with Gasteiger partial charge in [0.25, 0.3) is 6.47 Å². The summed E-state index contributed by atoms with van der Waals surface area (Å²) in [6, 6.07) is 68.1. The van der Waals surface area contributed by atoms with E-state index in [1.54, 1.807) is 62.8 Å². The van der Waals surface area contributed by atoms with Crippen molar-refractivity contribution in [3.05, 3.63) is 273 Å². The van der Waals surface area contributed by atoms with E-state index < -0.39 is 5.20 Å². The monoisotopic (exact) mass is 2210 g/mol. The van der Waals surface area contributed by atoms with Gasteiger partial charge in [-0.05, 0) is 214 Å². The Kier molecular flexibility index (Phi) is 45.5. The molecule has 19 rings (SSSR count). The molecule has 8 atom stereocenters. The second kappa shape index (κ2) is 55.0. The summed E-state index contributed by atoms with van der Waals surface area (Å²) >= 11 is 46.7. The van der Waals surface area contributed by atoms with Crippen LogP contribution < -0.4 is 139 Å². The maximum Gasteiger partial charge on any atom is 1.00 e. The normalized spacial score (nSPS) is 17.5. The molecule has 0 unspecified atom stereocenters. The average Bonchev–Trinajstić information content (AvgIpc) is 0.783. The quantitative estimate of drug-likeness (QED) is 0.0218. The molecule has 4 fully saturated rings. The summed E-state index contributed by atoms with van der Waals surface area (Å²) in [4.78, 5) is 48.4. The molecule has 0 saturated carbocycles. The van der Waals surface area contributed by atoms with Crippen molar-refractivity contribution in [3.8, 4) is 67.7 Å². The molecule has 15 aromatic rings. The molecule has 0 radical (unpaired) electrons. The smallest absolute Gasteiger partial charge is 1.00 e. The second-order valence-electron chi connectivity index (χ2n) is 32.2. The third-order valence-corrected chi connectivity index (χ3v) is 24.4. The van der Waals surface area contributed by atoms with Crippen molar-refractivity contribution < 1.29 is 143 Å². The first-order valence-electron chi connectivity index (χ1n) is 43.1. The van der Waals surface area contributed by atoms with E-state index >= 15 is 0 Å². The van der Waals surface area contributed by atoms with Crippen molar-refractivity contribution in [2.24, 2.45) is 0 Å². The first-order valence-corrected chi connectivity index (χ1v) is 50.4. The topological polar surface area (TPSA) is 331 Å². The number of nitrogens with one attached hydrogen (secondary N) is 2. The van der Waals surface area contributed by atoms with Gasteiger partial charge >= 0.3 is 93.9 Å². The van der Waals surface area contributed by atoms with Gasteiger partial charge in [-0.15, -0.1) is 30.6 Å². The number of ether oxygens (including phenoxy) is 6. The van der Waals surface area contributed by atoms with E-state index in [0.717, 1.165) is 120 Å². The van der Waals surface area contributed by atoms with Gasteiger partial charge in [-0.1, -0.05) is 173 Å². The third-order valence-electron chi connectivity index (χ3n) is 22.0. The van der Waals surface area contributed by atoms with Gasteiger partial charge in [0.2, 0.25) is 10.9 Å². The van der Waals surface area contributed by atoms with Crippen molar-refractivity contribution in [1.82, 2.24) is 51.0 Å². The number of halogens is 9. The summed E-state index contributed by atoms with van der Waals surface area (Å²) in [5.41, 5.74) is 16.3. The van der Waals surface area contributed by atoms with E-state index in [1.165, 1.54) is 17.1 Å². The van der Waals surface area contributed by atoms with Crippen LogP contribution in [0.3, 0.4) is 0 Å². The average molecular weight is 2210 g/mol. The number of methoxy groups -OCH3 is 2. The number of para-hydroxylation sites is 2. The van der Waals surface area contributed by atoms with Crippen LogP contribution in [0, 0.1) is 10.3 Å². The Morgan fingerprint density at radius 3 is 1.06 bits per heavy atom. The predicted octanol–water partition coefficient (Wildman–Crippen LogP) is 13.3. The number of rotatable bonds is 12. The number of nitrogens with zero attached hydrogens (tertiary/aromatic N) is 13. The van der Waals surface area contributed by atoms with Gasteiger partial charge in [0.15, 0.2) is 20.9 Å². The number of H-pyrrole nitrogens is 2. The van der Waals surface area contributed by atoms with E-state index in [2.05, 4.69) is 230 Å². The van der Waals surface area contributed by atoms with Gasteiger partial charge in [-0.25, -0.2) is 4.85 Å². The number of hydrogen-bond acceptors (Lipinski definition) is 25. The SMILES string of the molecule is COc1c(-c2ccc(N3C[C@@H](C)O[C@@H](C)C3)cc2)nnc2c(Cl)cccc12.C[C@@H]1CN(c2ccc(-c3n[nH]c4c(Cl)cccc4c3=O)cc2)C[C@H](C)O1.C[C@@H]1CN(c2ccc(-c3nnc4c(Cl)cccc4c3Cl)cc2)C[C@H](C)O1.C[O-].O=CO[O-].O=P(Cl)(Cl)Cl.O=c1c(I)n[nH]c2c(Cl)cccc12.[C-]#[N+]c1ccc(-c2cccc3c(OC)c(-c4ccc(N5C[C@@H](C)O[C@@H](C)C5)cc4)nnc23)cc1.[H-].[Na+].[Na+].[Na+]. The Morgan fingerprint density at radius 1 is 0.414 bits per heavy atom. The molecule has 4 aliphatic heterocycles. The molecule has 28 nitrogen and oxygen atoms in total. The van der Waals surface area contributed by atoms with Crippen LogP contribution in [0.4, 0.5) is 28.4 Å². The van der Waals surface area contributed by atoms with Crippen LogP contribution in [0.2, 0.25) is 25.1 Å². The number of carbonyl (C=O) groups excluding carboxylic acids is 1. The molecule has 140 heavy (non-hydrogen) atoms. The van der Waals surface area contributed by atoms with Crippen LogP contribution in [0.25, 0.3) is 116 Å². The van der Waals surface area contributed by atoms with Crippen LogP contribution in [0.1, 0.15) is 56.8 Å². The number of aromatic nitrogens is 10. The van der Waals surface area contributed by atoms with Crippen molar-refractivity contribution in [3.63, 3.8) is 0 Å². The predicted molar refractivity (Wildman–Crippen MR) is 556 cm³/mol. The number of hydrogen-bond donors (Lipinski definition) is 2. The molecule has 716 valence electrons. The zero-order valence-corrected chi connectivity index (χ0v) is 94.1. The minimum absolute atomic E-state index is 0. The number of morpholine rings is 4. The zero-order valence-electron chi connectivity index (χ0n) is 80.0. The third kappa shape index (κ3) is 30.3. The summed E-state index contributed by atoms with van der Waals surface area (Å²) in [5.74, 6) is 1.38. The van der Waals surface area contributed by atoms with E-state index in [0.29, 0.717) is 102 Å². The summed E-state index contributed by atoms with van der Waals surface area (Å²) in [7, 11) is 4.06. The number of carbonyl (C=O) groups is 1. The van der Waals surface area contributed by atoms with Crippen LogP contribution in [-0.2, 0) is 33.2 Å². The Bertz CT molecular complexity index is 6890. The number of aromatic amines is 2. The van der Waals surface area contributed by atoms with E-state index in [-0.39, 0.29) is 156 Å². The van der Waals surface area contributed by atoms with Gasteiger partial charge in [0.1, 0.15) is 39.3 Å². The second-order valence-corrected chi connectivity index (χ2v) is 41.8. The fraction of sp³-hybridized carbons (Fsp3) is 0.273.